The number of phenols is 1. The third kappa shape index (κ3) is 3.27. The summed E-state index contributed by atoms with van der Waals surface area (Å²) in [4.78, 5) is 23.3. The molecule has 0 heterocycles. The molecule has 0 aromatic heterocycles. The van der Waals surface area contributed by atoms with Crippen molar-refractivity contribution in [1.82, 2.24) is 0 Å². The number of fused-ring (bicyclic) bond motifs is 3. The lowest BCUT2D eigenvalue weighted by Crippen LogP contribution is -2.18. The van der Waals surface area contributed by atoms with Crippen LogP contribution in [0.5, 0.6) is 5.75 Å². The average molecular weight is 375 g/mol. The van der Waals surface area contributed by atoms with Crippen LogP contribution in [0.1, 0.15) is 27.4 Å². The van der Waals surface area contributed by atoms with Crippen molar-refractivity contribution in [3.05, 3.63) is 83.4 Å². The number of nitrogens with one attached hydrogen (secondary N) is 1. The first-order chi connectivity index (χ1) is 13.5. The molecule has 3 aromatic rings. The summed E-state index contributed by atoms with van der Waals surface area (Å²) in [7, 11) is 0. The molecular weight excluding hydrogens is 358 g/mol. The van der Waals surface area contributed by atoms with Crippen molar-refractivity contribution >= 4 is 17.7 Å². The van der Waals surface area contributed by atoms with Gasteiger partial charge in [-0.15, -0.1) is 0 Å². The molecule has 6 heteroatoms. The van der Waals surface area contributed by atoms with Gasteiger partial charge in [-0.1, -0.05) is 48.5 Å². The van der Waals surface area contributed by atoms with E-state index in [-0.39, 0.29) is 29.5 Å². The molecule has 0 spiro atoms. The minimum Gasteiger partial charge on any atom is -0.508 e. The van der Waals surface area contributed by atoms with Crippen LogP contribution < -0.4 is 5.32 Å². The summed E-state index contributed by atoms with van der Waals surface area (Å²) in [5.74, 6) is -1.53. The fourth-order valence-corrected chi connectivity index (χ4v) is 3.56. The number of carboxylic acids is 1. The molecule has 28 heavy (non-hydrogen) atoms. The van der Waals surface area contributed by atoms with Gasteiger partial charge < -0.3 is 14.9 Å². The summed E-state index contributed by atoms with van der Waals surface area (Å²) in [5, 5.41) is 21.1. The van der Waals surface area contributed by atoms with Crippen LogP contribution >= 0.6 is 0 Å². The van der Waals surface area contributed by atoms with E-state index in [0.29, 0.717) is 0 Å². The van der Waals surface area contributed by atoms with Crippen LogP contribution in [0.4, 0.5) is 10.5 Å². The first-order valence-electron chi connectivity index (χ1n) is 8.72. The molecule has 0 fully saturated rings. The van der Waals surface area contributed by atoms with Gasteiger partial charge in [0.05, 0.1) is 5.56 Å². The lowest BCUT2D eigenvalue weighted by Gasteiger charge is -2.14. The first-order valence-corrected chi connectivity index (χ1v) is 8.72. The van der Waals surface area contributed by atoms with Gasteiger partial charge in [0.15, 0.2) is 0 Å². The summed E-state index contributed by atoms with van der Waals surface area (Å²) < 4.78 is 5.40. The van der Waals surface area contributed by atoms with E-state index < -0.39 is 12.1 Å². The normalized spacial score (nSPS) is 12.1. The second kappa shape index (κ2) is 7.08. The Bertz CT molecular complexity index is 1030. The van der Waals surface area contributed by atoms with Gasteiger partial charge in [-0.2, -0.15) is 0 Å². The molecule has 0 atom stereocenters. The highest BCUT2D eigenvalue weighted by Gasteiger charge is 2.29. The number of anilines is 1. The van der Waals surface area contributed by atoms with Crippen molar-refractivity contribution in [3.63, 3.8) is 0 Å². The van der Waals surface area contributed by atoms with E-state index in [1.54, 1.807) is 0 Å². The van der Waals surface area contributed by atoms with Crippen LogP contribution in [0.3, 0.4) is 0 Å². The quantitative estimate of drug-likeness (QED) is 0.626. The number of carboxylic acid groups (broad SMARTS) is 1. The molecule has 3 aromatic carbocycles. The molecule has 140 valence electrons. The number of hydrogen-bond donors (Lipinski definition) is 3. The van der Waals surface area contributed by atoms with Crippen molar-refractivity contribution in [2.75, 3.05) is 11.9 Å². The number of hydrogen-bond acceptors (Lipinski definition) is 4. The molecular formula is C22H17NO5. The number of ether oxygens (including phenoxy) is 1. The van der Waals surface area contributed by atoms with Crippen LogP contribution in [0.2, 0.25) is 0 Å². The van der Waals surface area contributed by atoms with Crippen LogP contribution in [-0.4, -0.2) is 28.9 Å². The fourth-order valence-electron chi connectivity index (χ4n) is 3.56. The molecule has 0 radical (unpaired) electrons. The number of rotatable bonds is 4. The van der Waals surface area contributed by atoms with E-state index in [1.165, 1.54) is 12.1 Å². The molecule has 4 rings (SSSR count). The minimum absolute atomic E-state index is 0.0723. The Labute approximate surface area is 161 Å². The number of amides is 1. The number of carbonyl (C=O) groups excluding carboxylic acids is 1. The lowest BCUT2D eigenvalue weighted by molar-refractivity contribution is 0.0696. The van der Waals surface area contributed by atoms with Crippen LogP contribution in [-0.2, 0) is 4.74 Å². The van der Waals surface area contributed by atoms with E-state index in [2.05, 4.69) is 17.4 Å². The maximum atomic E-state index is 12.2. The Hall–Kier alpha value is -3.80. The van der Waals surface area contributed by atoms with Crippen LogP contribution in [0, 0.1) is 0 Å². The van der Waals surface area contributed by atoms with Crippen molar-refractivity contribution in [2.45, 2.75) is 5.92 Å². The number of carbonyl (C=O) groups is 2. The fraction of sp³-hybridized carbons (Fsp3) is 0.0909. The van der Waals surface area contributed by atoms with E-state index in [9.17, 15) is 14.7 Å². The highest BCUT2D eigenvalue weighted by atomic mass is 16.5. The Kier molecular flexibility index (Phi) is 4.45. The van der Waals surface area contributed by atoms with Gasteiger partial charge in [0.2, 0.25) is 0 Å². The second-order valence-corrected chi connectivity index (χ2v) is 6.52. The van der Waals surface area contributed by atoms with E-state index in [1.807, 2.05) is 36.4 Å². The Morgan fingerprint density at radius 2 is 1.54 bits per heavy atom. The Morgan fingerprint density at radius 1 is 0.929 bits per heavy atom. The van der Waals surface area contributed by atoms with Gasteiger partial charge in [-0.3, -0.25) is 5.32 Å². The summed E-state index contributed by atoms with van der Waals surface area (Å²) >= 11 is 0. The largest absolute Gasteiger partial charge is 0.508 e. The number of aromatic hydroxyl groups is 1. The van der Waals surface area contributed by atoms with Crippen molar-refractivity contribution in [1.29, 1.82) is 0 Å². The number of benzene rings is 3. The van der Waals surface area contributed by atoms with Gasteiger partial charge in [-0.05, 0) is 34.4 Å². The Morgan fingerprint density at radius 3 is 2.14 bits per heavy atom. The smallest absolute Gasteiger partial charge is 0.411 e. The van der Waals surface area contributed by atoms with E-state index in [0.717, 1.165) is 28.3 Å². The molecule has 6 nitrogen and oxygen atoms in total. The standard InChI is InChI=1S/C22H17NO5/c24-15-10-13(21(25)26)9-14(11-15)23-22(27)28-12-20-18-7-3-1-5-16(18)17-6-2-4-8-19(17)20/h1-11,20,24H,12H2,(H,23,27)(H,25,26). The summed E-state index contributed by atoms with van der Waals surface area (Å²) in [6.45, 7) is 0.143. The predicted octanol–water partition coefficient (Wildman–Crippen LogP) is 4.45. The summed E-state index contributed by atoms with van der Waals surface area (Å²) in [6.07, 6.45) is -0.719. The third-order valence-electron chi connectivity index (χ3n) is 4.75. The highest BCUT2D eigenvalue weighted by molar-refractivity contribution is 5.92. The van der Waals surface area contributed by atoms with Gasteiger partial charge in [0.25, 0.3) is 0 Å². The molecule has 3 N–H and O–H groups in total. The lowest BCUT2D eigenvalue weighted by atomic mass is 9.98. The highest BCUT2D eigenvalue weighted by Crippen LogP contribution is 2.44. The van der Waals surface area contributed by atoms with Crippen LogP contribution in [0.25, 0.3) is 11.1 Å². The van der Waals surface area contributed by atoms with Crippen LogP contribution in [0.15, 0.2) is 66.7 Å². The monoisotopic (exact) mass is 375 g/mol. The maximum Gasteiger partial charge on any atom is 0.411 e. The zero-order valence-electron chi connectivity index (χ0n) is 14.8. The Balaban J connectivity index is 1.49. The number of aromatic carboxylic acids is 1. The molecule has 1 amide bonds. The first kappa shape index (κ1) is 17.6. The molecule has 0 saturated heterocycles. The van der Waals surface area contributed by atoms with Crippen molar-refractivity contribution < 1.29 is 24.5 Å². The summed E-state index contributed by atoms with van der Waals surface area (Å²) in [6, 6.07) is 19.6. The maximum absolute atomic E-state index is 12.2. The number of phenolic OH excluding ortho intramolecular Hbond substituents is 1. The molecule has 1 aliphatic rings. The topological polar surface area (TPSA) is 95.9 Å². The molecule has 1 aliphatic carbocycles. The van der Waals surface area contributed by atoms with Crippen molar-refractivity contribution in [3.8, 4) is 16.9 Å². The average Bonchev–Trinajstić information content (AvgIpc) is 3.00. The minimum atomic E-state index is -1.20. The van der Waals surface area contributed by atoms with Gasteiger partial charge in [-0.25, -0.2) is 9.59 Å². The molecule has 0 saturated carbocycles. The second-order valence-electron chi connectivity index (χ2n) is 6.52. The SMILES string of the molecule is O=C(Nc1cc(O)cc(C(=O)O)c1)OCC1c2ccccc2-c2ccccc21. The molecule has 0 unspecified atom stereocenters. The summed E-state index contributed by atoms with van der Waals surface area (Å²) in [5.41, 5.74) is 4.48. The third-order valence-corrected chi connectivity index (χ3v) is 4.75. The van der Waals surface area contributed by atoms with Gasteiger partial charge >= 0.3 is 12.1 Å². The zero-order valence-corrected chi connectivity index (χ0v) is 14.8. The molecule has 0 bridgehead atoms. The van der Waals surface area contributed by atoms with E-state index >= 15 is 0 Å². The molecule has 0 aliphatic heterocycles. The van der Waals surface area contributed by atoms with Crippen molar-refractivity contribution in [2.24, 2.45) is 0 Å². The van der Waals surface area contributed by atoms with E-state index in [4.69, 9.17) is 9.84 Å². The van der Waals surface area contributed by atoms with Gasteiger partial charge in [0.1, 0.15) is 12.4 Å². The predicted molar refractivity (Wildman–Crippen MR) is 104 cm³/mol. The van der Waals surface area contributed by atoms with Gasteiger partial charge in [0, 0.05) is 17.7 Å². The zero-order chi connectivity index (χ0) is 19.7.